The molecule has 0 bridgehead atoms. The molecule has 0 atom stereocenters. The van der Waals surface area contributed by atoms with Gasteiger partial charge in [-0.15, -0.1) is 0 Å². The fourth-order valence-electron chi connectivity index (χ4n) is 8.70. The Bertz CT molecular complexity index is 3580. The molecule has 0 spiro atoms. The van der Waals surface area contributed by atoms with Crippen LogP contribution in [-0.2, 0) is 10.1 Å². The SMILES string of the molecule is Cc1cccc(N=Nc2ccc(N3C(=O)c4ccc5c6ccc7c8c(ccc(c9ccc(c4c59)C3=O)c86)C(=O)N(c3ccc(N=Nc4cccc(S(=O)(=O)O)c4)cc3)C7=O)cc2)c1. The molecule has 13 nitrogen and oxygen atoms in total. The van der Waals surface area contributed by atoms with Gasteiger partial charge < -0.3 is 0 Å². The molecule has 9 aromatic carbocycles. The monoisotopic (exact) mass is 844 g/mol. The highest BCUT2D eigenvalue weighted by Crippen LogP contribution is 2.47. The molecule has 63 heavy (non-hydrogen) atoms. The van der Waals surface area contributed by atoms with Crippen molar-refractivity contribution in [3.8, 4) is 0 Å². The largest absolute Gasteiger partial charge is 0.294 e. The highest BCUT2D eigenvalue weighted by molar-refractivity contribution is 7.85. The molecule has 0 fully saturated rings. The van der Waals surface area contributed by atoms with Crippen LogP contribution in [0.15, 0.2) is 171 Å². The van der Waals surface area contributed by atoms with Gasteiger partial charge in [0, 0.05) is 33.0 Å². The average Bonchev–Trinajstić information content (AvgIpc) is 3.29. The molecular weight excluding hydrogens is 817 g/mol. The van der Waals surface area contributed by atoms with Gasteiger partial charge in [0.05, 0.1) is 39.0 Å². The summed E-state index contributed by atoms with van der Waals surface area (Å²) in [6.07, 6.45) is 0. The summed E-state index contributed by atoms with van der Waals surface area (Å²) < 4.78 is 32.4. The second kappa shape index (κ2) is 13.9. The van der Waals surface area contributed by atoms with Gasteiger partial charge in [0.1, 0.15) is 0 Å². The number of fused-ring (bicyclic) bond motifs is 2. The van der Waals surface area contributed by atoms with E-state index in [2.05, 4.69) is 20.5 Å². The van der Waals surface area contributed by atoms with E-state index in [0.29, 0.717) is 61.5 Å². The standard InChI is InChI=1S/C49H28N6O7S/c1-26-4-2-5-29(24-26)52-50-27-8-12-31(13-9-27)54-46(56)38-20-16-34-36-18-22-40-45-41(23-19-37(43(36)45)35-17-21-39(47(54)57)44(38)42(34)35)49(59)55(48(40)58)32-14-10-28(11-15-32)51-53-30-6-3-7-33(25-30)63(60,61)62/h2-25H,1H3,(H,60,61,62). The van der Waals surface area contributed by atoms with Crippen molar-refractivity contribution in [3.05, 3.63) is 173 Å². The Labute approximate surface area is 357 Å². The van der Waals surface area contributed by atoms with Crippen molar-refractivity contribution in [1.82, 2.24) is 0 Å². The Balaban J connectivity index is 0.935. The first-order chi connectivity index (χ1) is 30.4. The molecule has 0 saturated heterocycles. The maximum absolute atomic E-state index is 14.3. The molecule has 2 aliphatic heterocycles. The molecule has 11 rings (SSSR count). The predicted molar refractivity (Wildman–Crippen MR) is 239 cm³/mol. The number of imide groups is 2. The van der Waals surface area contributed by atoms with Crippen molar-refractivity contribution in [2.45, 2.75) is 11.8 Å². The third-order valence-corrected chi connectivity index (χ3v) is 12.4. The van der Waals surface area contributed by atoms with Crippen LogP contribution < -0.4 is 9.80 Å². The number of anilines is 2. The minimum absolute atomic E-state index is 0.195. The first kappa shape index (κ1) is 37.7. The molecule has 0 saturated carbocycles. The lowest BCUT2D eigenvalue weighted by Gasteiger charge is -2.30. The van der Waals surface area contributed by atoms with Crippen molar-refractivity contribution in [1.29, 1.82) is 0 Å². The molecule has 4 amide bonds. The van der Waals surface area contributed by atoms with E-state index in [1.807, 2.05) is 55.5 Å². The predicted octanol–water partition coefficient (Wildman–Crippen LogP) is 11.7. The van der Waals surface area contributed by atoms with Crippen molar-refractivity contribution < 1.29 is 32.1 Å². The molecule has 2 heterocycles. The third kappa shape index (κ3) is 5.91. The quantitative estimate of drug-likeness (QED) is 0.0545. The van der Waals surface area contributed by atoms with E-state index < -0.39 is 33.7 Å². The average molecular weight is 845 g/mol. The number of hydrogen-bond acceptors (Lipinski definition) is 10. The number of aryl methyl sites for hydroxylation is 1. The van der Waals surface area contributed by atoms with Crippen molar-refractivity contribution in [3.63, 3.8) is 0 Å². The van der Waals surface area contributed by atoms with Gasteiger partial charge in [-0.05, 0) is 148 Å². The normalized spacial score (nSPS) is 14.3. The molecular formula is C49H28N6O7S. The zero-order valence-corrected chi connectivity index (χ0v) is 33.7. The van der Waals surface area contributed by atoms with Gasteiger partial charge in [0.2, 0.25) is 0 Å². The summed E-state index contributed by atoms with van der Waals surface area (Å²) in [5.41, 5.74) is 5.04. The summed E-state index contributed by atoms with van der Waals surface area (Å²) in [5.74, 6) is -1.94. The zero-order chi connectivity index (χ0) is 43.3. The Kier molecular flexibility index (Phi) is 8.28. The van der Waals surface area contributed by atoms with Crippen LogP contribution in [0.25, 0.3) is 43.1 Å². The van der Waals surface area contributed by atoms with Gasteiger partial charge in [0.15, 0.2) is 0 Å². The highest BCUT2D eigenvalue weighted by atomic mass is 32.2. The maximum Gasteiger partial charge on any atom is 0.294 e. The Morgan fingerprint density at radius 2 is 0.778 bits per heavy atom. The van der Waals surface area contributed by atoms with Gasteiger partial charge in [0.25, 0.3) is 33.7 Å². The number of carbonyl (C=O) groups is 4. The highest BCUT2D eigenvalue weighted by Gasteiger charge is 2.38. The van der Waals surface area contributed by atoms with Gasteiger partial charge in [-0.2, -0.15) is 28.9 Å². The second-order valence-corrected chi connectivity index (χ2v) is 16.7. The van der Waals surface area contributed by atoms with E-state index >= 15 is 0 Å². The van der Waals surface area contributed by atoms with Crippen LogP contribution in [0.2, 0.25) is 0 Å². The molecule has 0 radical (unpaired) electrons. The molecule has 2 aliphatic rings. The fraction of sp³-hybridized carbons (Fsp3) is 0.0204. The lowest BCUT2D eigenvalue weighted by Crippen LogP contribution is -2.40. The minimum Gasteiger partial charge on any atom is -0.282 e. The Morgan fingerprint density at radius 3 is 1.16 bits per heavy atom. The second-order valence-electron chi connectivity index (χ2n) is 15.3. The van der Waals surface area contributed by atoms with E-state index in [1.165, 1.54) is 29.2 Å². The molecule has 0 aliphatic carbocycles. The minimum atomic E-state index is -4.42. The first-order valence-corrected chi connectivity index (χ1v) is 21.0. The summed E-state index contributed by atoms with van der Waals surface area (Å²) in [7, 11) is -4.42. The summed E-state index contributed by atoms with van der Waals surface area (Å²) in [6, 6.07) is 40.4. The number of nitrogens with zero attached hydrogens (tertiary/aromatic N) is 6. The number of benzene rings is 9. The number of rotatable bonds is 7. The van der Waals surface area contributed by atoms with Crippen LogP contribution in [0.3, 0.4) is 0 Å². The van der Waals surface area contributed by atoms with Gasteiger partial charge in [-0.3, -0.25) is 23.7 Å². The van der Waals surface area contributed by atoms with E-state index in [1.54, 1.807) is 72.8 Å². The molecule has 0 aromatic heterocycles. The van der Waals surface area contributed by atoms with Crippen LogP contribution in [-0.4, -0.2) is 36.6 Å². The van der Waals surface area contributed by atoms with Crippen molar-refractivity contribution in [2.75, 3.05) is 9.80 Å². The Morgan fingerprint density at radius 1 is 0.413 bits per heavy atom. The number of carbonyl (C=O) groups excluding carboxylic acids is 4. The smallest absolute Gasteiger partial charge is 0.282 e. The van der Waals surface area contributed by atoms with Crippen LogP contribution in [0.5, 0.6) is 0 Å². The van der Waals surface area contributed by atoms with Crippen LogP contribution >= 0.6 is 0 Å². The fourth-order valence-corrected chi connectivity index (χ4v) is 9.22. The van der Waals surface area contributed by atoms with E-state index in [0.717, 1.165) is 42.8 Å². The molecule has 9 aromatic rings. The topological polar surface area (TPSA) is 179 Å². The number of amides is 4. The van der Waals surface area contributed by atoms with Crippen LogP contribution in [0.1, 0.15) is 47.0 Å². The lowest BCUT2D eigenvalue weighted by molar-refractivity contribution is 0.0877. The number of hydrogen-bond donors (Lipinski definition) is 1. The first-order valence-electron chi connectivity index (χ1n) is 19.6. The van der Waals surface area contributed by atoms with Crippen molar-refractivity contribution in [2.24, 2.45) is 20.5 Å². The van der Waals surface area contributed by atoms with E-state index in [4.69, 9.17) is 0 Å². The molecule has 302 valence electrons. The van der Waals surface area contributed by atoms with Crippen LogP contribution in [0, 0.1) is 6.92 Å². The van der Waals surface area contributed by atoms with E-state index in [9.17, 15) is 32.1 Å². The maximum atomic E-state index is 14.3. The summed E-state index contributed by atoms with van der Waals surface area (Å²) in [5, 5.41) is 22.5. The summed E-state index contributed by atoms with van der Waals surface area (Å²) in [6.45, 7) is 1.98. The summed E-state index contributed by atoms with van der Waals surface area (Å²) in [4.78, 5) is 59.0. The molecule has 14 heteroatoms. The number of azo groups is 2. The molecule has 0 unspecified atom stereocenters. The Hall–Kier alpha value is -8.33. The summed E-state index contributed by atoms with van der Waals surface area (Å²) >= 11 is 0. The molecule has 1 N–H and O–H groups in total. The van der Waals surface area contributed by atoms with Gasteiger partial charge in [-0.25, -0.2) is 9.80 Å². The van der Waals surface area contributed by atoms with Gasteiger partial charge in [-0.1, -0.05) is 42.5 Å². The third-order valence-electron chi connectivity index (χ3n) is 11.5. The van der Waals surface area contributed by atoms with Crippen LogP contribution in [0.4, 0.5) is 34.1 Å². The van der Waals surface area contributed by atoms with E-state index in [-0.39, 0.29) is 10.6 Å². The zero-order valence-electron chi connectivity index (χ0n) is 32.8. The van der Waals surface area contributed by atoms with Gasteiger partial charge >= 0.3 is 0 Å². The van der Waals surface area contributed by atoms with Crippen molar-refractivity contribution >= 4 is 111 Å². The lowest BCUT2D eigenvalue weighted by atomic mass is 9.82.